The minimum atomic E-state index is 0.131. The Labute approximate surface area is 87.3 Å². The van der Waals surface area contributed by atoms with Crippen molar-refractivity contribution in [3.63, 3.8) is 0 Å². The summed E-state index contributed by atoms with van der Waals surface area (Å²) >= 11 is 0. The van der Waals surface area contributed by atoms with Gasteiger partial charge in [0.05, 0.1) is 0 Å². The Balaban J connectivity index is 4.02. The average Bonchev–Trinajstić information content (AvgIpc) is 2.17. The van der Waals surface area contributed by atoms with Gasteiger partial charge in [-0.25, -0.2) is 0 Å². The summed E-state index contributed by atoms with van der Waals surface area (Å²) in [5.74, 6) is 0.131. The van der Waals surface area contributed by atoms with Crippen molar-refractivity contribution in [2.45, 2.75) is 33.6 Å². The third-order valence-corrected chi connectivity index (χ3v) is 2.28. The molecule has 0 aromatic heterocycles. The molecule has 0 N–H and O–H groups in total. The van der Waals surface area contributed by atoms with Crippen LogP contribution >= 0.6 is 0 Å². The van der Waals surface area contributed by atoms with Crippen LogP contribution in [0.4, 0.5) is 0 Å². The van der Waals surface area contributed by atoms with Gasteiger partial charge >= 0.3 is 0 Å². The van der Waals surface area contributed by atoms with Crippen LogP contribution in [0.2, 0.25) is 0 Å². The molecule has 2 nitrogen and oxygen atoms in total. The first-order valence-electron chi connectivity index (χ1n) is 5.14. The fourth-order valence-corrected chi connectivity index (χ4v) is 1.08. The molecule has 0 aromatic rings. The van der Waals surface area contributed by atoms with E-state index in [1.54, 1.807) is 11.8 Å². The van der Waals surface area contributed by atoms with Gasteiger partial charge in [-0.2, -0.15) is 0 Å². The second kappa shape index (κ2) is 7.36. The Hall–Kier alpha value is -1.05. The van der Waals surface area contributed by atoms with Crippen molar-refractivity contribution in [3.05, 3.63) is 23.8 Å². The maximum Gasteiger partial charge on any atom is 0.219 e. The van der Waals surface area contributed by atoms with E-state index in [-0.39, 0.29) is 5.91 Å². The Morgan fingerprint density at radius 2 is 2.07 bits per heavy atom. The third kappa shape index (κ3) is 5.57. The summed E-state index contributed by atoms with van der Waals surface area (Å²) in [6, 6.07) is 0. The first-order valence-corrected chi connectivity index (χ1v) is 5.14. The standard InChI is InChI=1S/C12H21NO/c1-5-7-8-12(6-2)9-10-13(4)11(3)14/h5,7-8H,6,9-10H2,1-4H3/b7-5-,12-8+. The topological polar surface area (TPSA) is 20.3 Å². The number of rotatable bonds is 5. The van der Waals surface area contributed by atoms with E-state index in [4.69, 9.17) is 0 Å². The van der Waals surface area contributed by atoms with Crippen molar-refractivity contribution in [1.82, 2.24) is 4.90 Å². The van der Waals surface area contributed by atoms with Crippen LogP contribution in [0.25, 0.3) is 0 Å². The molecule has 2 heteroatoms. The molecule has 0 spiro atoms. The zero-order valence-electron chi connectivity index (χ0n) is 9.71. The predicted octanol–water partition coefficient (Wildman–Crippen LogP) is 2.77. The Kier molecular flexibility index (Phi) is 6.81. The summed E-state index contributed by atoms with van der Waals surface area (Å²) in [5, 5.41) is 0. The molecule has 0 atom stereocenters. The highest BCUT2D eigenvalue weighted by molar-refractivity contribution is 5.72. The highest BCUT2D eigenvalue weighted by Gasteiger charge is 2.02. The number of allylic oxidation sites excluding steroid dienone is 3. The summed E-state index contributed by atoms with van der Waals surface area (Å²) in [7, 11) is 1.84. The van der Waals surface area contributed by atoms with E-state index in [0.29, 0.717) is 0 Å². The predicted molar refractivity (Wildman–Crippen MR) is 61.1 cm³/mol. The third-order valence-electron chi connectivity index (χ3n) is 2.28. The molecule has 0 aliphatic rings. The highest BCUT2D eigenvalue weighted by atomic mass is 16.2. The van der Waals surface area contributed by atoms with Crippen molar-refractivity contribution in [3.8, 4) is 0 Å². The van der Waals surface area contributed by atoms with Crippen LogP contribution in [0, 0.1) is 0 Å². The summed E-state index contributed by atoms with van der Waals surface area (Å²) in [6.45, 7) is 6.56. The van der Waals surface area contributed by atoms with E-state index in [0.717, 1.165) is 19.4 Å². The van der Waals surface area contributed by atoms with Gasteiger partial charge in [0.25, 0.3) is 0 Å². The van der Waals surface area contributed by atoms with Gasteiger partial charge < -0.3 is 4.90 Å². The lowest BCUT2D eigenvalue weighted by atomic mass is 10.1. The Morgan fingerprint density at radius 1 is 1.43 bits per heavy atom. The quantitative estimate of drug-likeness (QED) is 0.618. The van der Waals surface area contributed by atoms with Crippen molar-refractivity contribution >= 4 is 5.91 Å². The van der Waals surface area contributed by atoms with Gasteiger partial charge in [-0.05, 0) is 19.8 Å². The second-order valence-electron chi connectivity index (χ2n) is 3.39. The Bertz CT molecular complexity index is 228. The second-order valence-corrected chi connectivity index (χ2v) is 3.39. The fourth-order valence-electron chi connectivity index (χ4n) is 1.08. The van der Waals surface area contributed by atoms with Crippen molar-refractivity contribution in [2.75, 3.05) is 13.6 Å². The van der Waals surface area contributed by atoms with E-state index < -0.39 is 0 Å². The van der Waals surface area contributed by atoms with Crippen molar-refractivity contribution in [2.24, 2.45) is 0 Å². The van der Waals surface area contributed by atoms with Crippen LogP contribution < -0.4 is 0 Å². The van der Waals surface area contributed by atoms with E-state index in [2.05, 4.69) is 13.0 Å². The summed E-state index contributed by atoms with van der Waals surface area (Å²) in [4.78, 5) is 12.7. The van der Waals surface area contributed by atoms with E-state index >= 15 is 0 Å². The van der Waals surface area contributed by atoms with Gasteiger partial charge in [-0.1, -0.05) is 30.7 Å². The lowest BCUT2D eigenvalue weighted by molar-refractivity contribution is -0.127. The van der Waals surface area contributed by atoms with Crippen molar-refractivity contribution < 1.29 is 4.79 Å². The van der Waals surface area contributed by atoms with Gasteiger partial charge in [0.2, 0.25) is 5.91 Å². The number of hydrogen-bond donors (Lipinski definition) is 0. The zero-order valence-corrected chi connectivity index (χ0v) is 9.71. The molecule has 0 bridgehead atoms. The molecule has 0 heterocycles. The minimum Gasteiger partial charge on any atom is -0.346 e. The van der Waals surface area contributed by atoms with Crippen LogP contribution in [0.5, 0.6) is 0 Å². The van der Waals surface area contributed by atoms with Gasteiger partial charge in [0, 0.05) is 20.5 Å². The molecule has 0 aliphatic heterocycles. The van der Waals surface area contributed by atoms with Crippen LogP contribution in [-0.4, -0.2) is 24.4 Å². The molecule has 1 amide bonds. The van der Waals surface area contributed by atoms with Gasteiger partial charge in [-0.15, -0.1) is 0 Å². The number of nitrogens with zero attached hydrogens (tertiary/aromatic N) is 1. The monoisotopic (exact) mass is 195 g/mol. The van der Waals surface area contributed by atoms with Gasteiger partial charge in [0.15, 0.2) is 0 Å². The smallest absolute Gasteiger partial charge is 0.219 e. The molecule has 0 saturated heterocycles. The van der Waals surface area contributed by atoms with E-state index in [9.17, 15) is 4.79 Å². The summed E-state index contributed by atoms with van der Waals surface area (Å²) in [5.41, 5.74) is 1.39. The minimum absolute atomic E-state index is 0.131. The summed E-state index contributed by atoms with van der Waals surface area (Å²) in [6.07, 6.45) is 8.22. The fraction of sp³-hybridized carbons (Fsp3) is 0.583. The number of amides is 1. The zero-order chi connectivity index (χ0) is 11.0. The maximum atomic E-state index is 11.0. The normalized spacial score (nSPS) is 12.1. The molecular weight excluding hydrogens is 174 g/mol. The van der Waals surface area contributed by atoms with Crippen molar-refractivity contribution in [1.29, 1.82) is 0 Å². The molecule has 0 rings (SSSR count). The van der Waals surface area contributed by atoms with E-state index in [1.165, 1.54) is 5.57 Å². The Morgan fingerprint density at radius 3 is 2.50 bits per heavy atom. The molecule has 0 aromatic carbocycles. The van der Waals surface area contributed by atoms with Crippen LogP contribution in [0.3, 0.4) is 0 Å². The summed E-state index contributed by atoms with van der Waals surface area (Å²) < 4.78 is 0. The van der Waals surface area contributed by atoms with Crippen LogP contribution in [-0.2, 0) is 4.79 Å². The molecule has 0 radical (unpaired) electrons. The lowest BCUT2D eigenvalue weighted by Crippen LogP contribution is -2.25. The van der Waals surface area contributed by atoms with E-state index in [1.807, 2.05) is 26.1 Å². The molecule has 0 saturated carbocycles. The molecule has 0 unspecified atom stereocenters. The number of carbonyl (C=O) groups excluding carboxylic acids is 1. The maximum absolute atomic E-state index is 11.0. The molecule has 0 fully saturated rings. The molecule has 14 heavy (non-hydrogen) atoms. The molecule has 0 aliphatic carbocycles. The van der Waals surface area contributed by atoms with Crippen LogP contribution in [0.15, 0.2) is 23.8 Å². The largest absolute Gasteiger partial charge is 0.346 e. The SMILES string of the molecule is C/C=C\C=C(/CC)CCN(C)C(C)=O. The number of hydrogen-bond acceptors (Lipinski definition) is 1. The average molecular weight is 195 g/mol. The van der Waals surface area contributed by atoms with Crippen LogP contribution in [0.1, 0.15) is 33.6 Å². The highest BCUT2D eigenvalue weighted by Crippen LogP contribution is 2.07. The number of carbonyl (C=O) groups is 1. The van der Waals surface area contributed by atoms with Gasteiger partial charge in [0.1, 0.15) is 0 Å². The van der Waals surface area contributed by atoms with Gasteiger partial charge in [-0.3, -0.25) is 4.79 Å². The molecule has 80 valence electrons. The molecular formula is C12H21NO. The first-order chi connectivity index (χ1) is 6.61. The first kappa shape index (κ1) is 12.9. The lowest BCUT2D eigenvalue weighted by Gasteiger charge is -2.15.